The molecule has 0 aliphatic rings. The van der Waals surface area contributed by atoms with Gasteiger partial charge in [-0.3, -0.25) is 0 Å². The molecule has 0 atom stereocenters. The van der Waals surface area contributed by atoms with Crippen LogP contribution in [-0.4, -0.2) is 17.4 Å². The first-order chi connectivity index (χ1) is 7.70. The van der Waals surface area contributed by atoms with Crippen LogP contribution < -0.4 is 4.90 Å². The Morgan fingerprint density at radius 1 is 1.56 bits per heavy atom. The molecule has 1 aromatic heterocycles. The Morgan fingerprint density at radius 3 is 2.75 bits per heavy atom. The first-order valence-electron chi connectivity index (χ1n) is 5.57. The van der Waals surface area contributed by atoms with Crippen LogP contribution in [0.5, 0.6) is 0 Å². The van der Waals surface area contributed by atoms with Crippen LogP contribution in [0.4, 0.5) is 5.82 Å². The molecule has 86 valence electrons. The van der Waals surface area contributed by atoms with Crippen molar-refractivity contribution < 1.29 is 0 Å². The summed E-state index contributed by atoms with van der Waals surface area (Å²) in [6.07, 6.45) is 3.38. The molecule has 0 amide bonds. The van der Waals surface area contributed by atoms with E-state index in [9.17, 15) is 0 Å². The largest absolute Gasteiger partial charge is 0.315 e. The summed E-state index contributed by atoms with van der Waals surface area (Å²) in [6, 6.07) is 5.89. The van der Waals surface area contributed by atoms with Crippen molar-refractivity contribution in [2.75, 3.05) is 11.4 Å². The fraction of sp³-hybridized carbons (Fsp3) is 0.385. The summed E-state index contributed by atoms with van der Waals surface area (Å²) >= 11 is 0. The van der Waals surface area contributed by atoms with Crippen LogP contribution in [0, 0.1) is 5.92 Å². The van der Waals surface area contributed by atoms with Crippen molar-refractivity contribution in [1.82, 2.24) is 4.98 Å². The van der Waals surface area contributed by atoms with Gasteiger partial charge in [0.1, 0.15) is 11.7 Å². The first-order valence-corrected chi connectivity index (χ1v) is 5.57. The number of hydrogen-bond donors (Lipinski definition) is 0. The summed E-state index contributed by atoms with van der Waals surface area (Å²) in [4.78, 5) is 10.8. The van der Waals surface area contributed by atoms with Crippen molar-refractivity contribution in [3.63, 3.8) is 0 Å². The van der Waals surface area contributed by atoms with E-state index >= 15 is 0 Å². The van der Waals surface area contributed by atoms with E-state index in [0.717, 1.165) is 18.2 Å². The number of rotatable bonds is 4. The topological polar surface area (TPSA) is 28.5 Å². The molecule has 3 heteroatoms. The third-order valence-electron chi connectivity index (χ3n) is 2.26. The average Bonchev–Trinajstić information content (AvgIpc) is 2.30. The van der Waals surface area contributed by atoms with E-state index < -0.39 is 0 Å². The van der Waals surface area contributed by atoms with Gasteiger partial charge < -0.3 is 4.90 Å². The number of pyridine rings is 1. The highest BCUT2D eigenvalue weighted by Gasteiger charge is 2.15. The zero-order valence-electron chi connectivity index (χ0n) is 10.2. The standard InChI is InChI=1S/C13H19N3/c1-5-14-13(11(3)4)16(6-2)12-9-7-8-10-15-12/h5,7-11H,1,6H2,2-4H3. The number of amidine groups is 1. The third kappa shape index (κ3) is 2.92. The van der Waals surface area contributed by atoms with E-state index in [0.29, 0.717) is 5.92 Å². The van der Waals surface area contributed by atoms with Crippen molar-refractivity contribution >= 4 is 11.7 Å². The number of nitrogens with zero attached hydrogens (tertiary/aromatic N) is 3. The van der Waals surface area contributed by atoms with Crippen molar-refractivity contribution in [2.24, 2.45) is 10.9 Å². The van der Waals surface area contributed by atoms with Crippen LogP contribution in [0.15, 0.2) is 42.2 Å². The Hall–Kier alpha value is -1.64. The summed E-state index contributed by atoms with van der Waals surface area (Å²) in [6.45, 7) is 10.8. The fourth-order valence-corrected chi connectivity index (χ4v) is 1.58. The first kappa shape index (κ1) is 12.4. The SMILES string of the molecule is C=CN=C(C(C)C)N(CC)c1ccccn1. The van der Waals surface area contributed by atoms with Gasteiger partial charge in [-0.05, 0) is 19.1 Å². The Labute approximate surface area is 97.5 Å². The van der Waals surface area contributed by atoms with Crippen LogP contribution in [0.25, 0.3) is 0 Å². The molecule has 0 aromatic carbocycles. The van der Waals surface area contributed by atoms with Crippen LogP contribution >= 0.6 is 0 Å². The van der Waals surface area contributed by atoms with Crippen LogP contribution in [0.3, 0.4) is 0 Å². The van der Waals surface area contributed by atoms with Gasteiger partial charge in [0.15, 0.2) is 0 Å². The molecule has 0 bridgehead atoms. The quantitative estimate of drug-likeness (QED) is 0.572. The van der Waals surface area contributed by atoms with Crippen LogP contribution in [-0.2, 0) is 0 Å². The van der Waals surface area contributed by atoms with Crippen molar-refractivity contribution in [1.29, 1.82) is 0 Å². The summed E-state index contributed by atoms with van der Waals surface area (Å²) in [5, 5.41) is 0. The van der Waals surface area contributed by atoms with E-state index in [2.05, 4.69) is 42.2 Å². The Bertz CT molecular complexity index is 355. The van der Waals surface area contributed by atoms with Gasteiger partial charge >= 0.3 is 0 Å². The van der Waals surface area contributed by atoms with E-state index in [1.807, 2.05) is 18.2 Å². The van der Waals surface area contributed by atoms with Gasteiger partial charge in [-0.1, -0.05) is 26.5 Å². The van der Waals surface area contributed by atoms with Gasteiger partial charge in [-0.25, -0.2) is 9.98 Å². The Morgan fingerprint density at radius 2 is 2.31 bits per heavy atom. The van der Waals surface area contributed by atoms with Gasteiger partial charge in [0, 0.05) is 24.9 Å². The maximum absolute atomic E-state index is 4.35. The molecule has 0 unspecified atom stereocenters. The minimum Gasteiger partial charge on any atom is -0.315 e. The maximum Gasteiger partial charge on any atom is 0.133 e. The zero-order chi connectivity index (χ0) is 12.0. The van der Waals surface area contributed by atoms with E-state index in [1.165, 1.54) is 0 Å². The van der Waals surface area contributed by atoms with Gasteiger partial charge in [0.25, 0.3) is 0 Å². The monoisotopic (exact) mass is 217 g/mol. The number of aromatic nitrogens is 1. The molecule has 0 saturated carbocycles. The van der Waals surface area contributed by atoms with Crippen molar-refractivity contribution in [2.45, 2.75) is 20.8 Å². The van der Waals surface area contributed by atoms with E-state index in [-0.39, 0.29) is 0 Å². The maximum atomic E-state index is 4.35. The lowest BCUT2D eigenvalue weighted by Gasteiger charge is -2.25. The highest BCUT2D eigenvalue weighted by molar-refractivity contribution is 5.98. The minimum atomic E-state index is 0.347. The lowest BCUT2D eigenvalue weighted by Crippen LogP contribution is -2.34. The molecule has 1 aromatic rings. The van der Waals surface area contributed by atoms with E-state index in [1.54, 1.807) is 12.4 Å². The summed E-state index contributed by atoms with van der Waals surface area (Å²) < 4.78 is 0. The summed E-state index contributed by atoms with van der Waals surface area (Å²) in [7, 11) is 0. The molecule has 0 aliphatic heterocycles. The molecule has 0 saturated heterocycles. The van der Waals surface area contributed by atoms with Gasteiger partial charge in [-0.15, -0.1) is 0 Å². The molecule has 1 heterocycles. The molecular formula is C13H19N3. The molecule has 0 spiro atoms. The Kier molecular flexibility index (Phi) is 4.70. The molecule has 3 nitrogen and oxygen atoms in total. The smallest absolute Gasteiger partial charge is 0.133 e. The lowest BCUT2D eigenvalue weighted by molar-refractivity contribution is 0.834. The second-order valence-corrected chi connectivity index (χ2v) is 3.76. The third-order valence-corrected chi connectivity index (χ3v) is 2.26. The highest BCUT2D eigenvalue weighted by Crippen LogP contribution is 2.14. The van der Waals surface area contributed by atoms with Gasteiger partial charge in [0.05, 0.1) is 0 Å². The second kappa shape index (κ2) is 6.05. The molecule has 1 rings (SSSR count). The van der Waals surface area contributed by atoms with E-state index in [4.69, 9.17) is 0 Å². The number of aliphatic imine (C=N–C) groups is 1. The number of anilines is 1. The summed E-state index contributed by atoms with van der Waals surface area (Å²) in [5.41, 5.74) is 0. The molecule has 0 fully saturated rings. The van der Waals surface area contributed by atoms with Gasteiger partial charge in [-0.2, -0.15) is 0 Å². The van der Waals surface area contributed by atoms with Crippen LogP contribution in [0.2, 0.25) is 0 Å². The molecule has 0 radical (unpaired) electrons. The predicted molar refractivity (Wildman–Crippen MR) is 69.7 cm³/mol. The molecule has 16 heavy (non-hydrogen) atoms. The predicted octanol–water partition coefficient (Wildman–Crippen LogP) is 3.11. The number of hydrogen-bond acceptors (Lipinski definition) is 2. The minimum absolute atomic E-state index is 0.347. The van der Waals surface area contributed by atoms with Crippen LogP contribution in [0.1, 0.15) is 20.8 Å². The van der Waals surface area contributed by atoms with Crippen molar-refractivity contribution in [3.05, 3.63) is 37.2 Å². The second-order valence-electron chi connectivity index (χ2n) is 3.76. The fourth-order valence-electron chi connectivity index (χ4n) is 1.58. The normalized spacial score (nSPS) is 11.6. The summed E-state index contributed by atoms with van der Waals surface area (Å²) in [5.74, 6) is 2.27. The molecular weight excluding hydrogens is 198 g/mol. The van der Waals surface area contributed by atoms with Crippen molar-refractivity contribution in [3.8, 4) is 0 Å². The molecule has 0 aliphatic carbocycles. The zero-order valence-corrected chi connectivity index (χ0v) is 10.2. The van der Waals surface area contributed by atoms with Gasteiger partial charge in [0.2, 0.25) is 0 Å². The average molecular weight is 217 g/mol. The lowest BCUT2D eigenvalue weighted by atomic mass is 10.1. The Balaban J connectivity index is 3.05. The molecule has 0 N–H and O–H groups in total. The highest BCUT2D eigenvalue weighted by atomic mass is 15.2.